The van der Waals surface area contributed by atoms with Crippen LogP contribution in [0.4, 0.5) is 5.69 Å². The SMILES string of the molecule is CN(C(=O)c1cc(NC(=O)C2C(c3ccc(Cl)c(Cl)c3)C2(Cl)Cl)ccc1Cl)C1(C#N)CC1. The summed E-state index contributed by atoms with van der Waals surface area (Å²) in [6, 6.07) is 11.7. The number of nitrogens with one attached hydrogen (secondary N) is 1. The standard InChI is InChI=1S/C22H16Cl5N3O2/c1-30(21(10-28)6-7-21)20(32)13-9-12(3-5-14(13)23)29-19(31)18-17(22(18,26)27)11-2-4-15(24)16(25)8-11/h2-5,8-9,17-18H,6-7H2,1H3,(H,29,31). The second-order valence-corrected chi connectivity index (χ2v) is 10.7. The Bertz CT molecular complexity index is 1170. The van der Waals surface area contributed by atoms with Crippen LogP contribution in [0, 0.1) is 17.2 Å². The fourth-order valence-corrected chi connectivity index (χ4v) is 5.11. The van der Waals surface area contributed by atoms with E-state index in [0.29, 0.717) is 34.1 Å². The first kappa shape index (κ1) is 23.5. The average Bonchev–Trinajstić information content (AvgIpc) is 3.65. The second kappa shape index (κ2) is 8.27. The molecule has 2 saturated carbocycles. The van der Waals surface area contributed by atoms with Gasteiger partial charge in [0.2, 0.25) is 5.91 Å². The average molecular weight is 532 g/mol. The molecule has 2 aliphatic carbocycles. The van der Waals surface area contributed by atoms with Crippen LogP contribution in [0.1, 0.15) is 34.7 Å². The van der Waals surface area contributed by atoms with Crippen LogP contribution in [0.3, 0.4) is 0 Å². The molecule has 0 bridgehead atoms. The van der Waals surface area contributed by atoms with Gasteiger partial charge in [0.1, 0.15) is 9.87 Å². The number of anilines is 1. The highest BCUT2D eigenvalue weighted by molar-refractivity contribution is 6.53. The van der Waals surface area contributed by atoms with E-state index < -0.39 is 33.5 Å². The molecular weight excluding hydrogens is 516 g/mol. The van der Waals surface area contributed by atoms with E-state index in [2.05, 4.69) is 11.4 Å². The van der Waals surface area contributed by atoms with Gasteiger partial charge in [0, 0.05) is 18.7 Å². The molecule has 166 valence electrons. The smallest absolute Gasteiger partial charge is 0.256 e. The summed E-state index contributed by atoms with van der Waals surface area (Å²) in [5.74, 6) is -2.00. The van der Waals surface area contributed by atoms with Gasteiger partial charge in [-0.05, 0) is 48.7 Å². The Morgan fingerprint density at radius 1 is 1.06 bits per heavy atom. The lowest BCUT2D eigenvalue weighted by molar-refractivity contribution is -0.117. The second-order valence-electron chi connectivity index (χ2n) is 7.99. The van der Waals surface area contributed by atoms with E-state index in [0.717, 1.165) is 0 Å². The molecule has 2 aromatic carbocycles. The molecule has 0 aliphatic heterocycles. The Balaban J connectivity index is 1.53. The first-order chi connectivity index (χ1) is 15.0. The van der Waals surface area contributed by atoms with Gasteiger partial charge in [0.25, 0.3) is 5.91 Å². The van der Waals surface area contributed by atoms with Crippen LogP contribution in [-0.2, 0) is 4.79 Å². The fraction of sp³-hybridized carbons (Fsp3) is 0.318. The quantitative estimate of drug-likeness (QED) is 0.460. The van der Waals surface area contributed by atoms with Crippen molar-refractivity contribution >= 4 is 75.5 Å². The molecule has 0 spiro atoms. The van der Waals surface area contributed by atoms with Crippen molar-refractivity contribution < 1.29 is 9.59 Å². The van der Waals surface area contributed by atoms with E-state index in [-0.39, 0.29) is 10.6 Å². The van der Waals surface area contributed by atoms with E-state index in [1.165, 1.54) is 17.0 Å². The monoisotopic (exact) mass is 529 g/mol. The van der Waals surface area contributed by atoms with Gasteiger partial charge >= 0.3 is 0 Å². The number of amides is 2. The largest absolute Gasteiger partial charge is 0.326 e. The molecule has 0 heterocycles. The summed E-state index contributed by atoms with van der Waals surface area (Å²) in [6.07, 6.45) is 1.23. The van der Waals surface area contributed by atoms with Crippen molar-refractivity contribution in [3.8, 4) is 6.07 Å². The predicted octanol–water partition coefficient (Wildman–Crippen LogP) is 6.30. The first-order valence-electron chi connectivity index (χ1n) is 9.64. The van der Waals surface area contributed by atoms with Crippen molar-refractivity contribution in [2.24, 2.45) is 5.92 Å². The first-order valence-corrected chi connectivity index (χ1v) is 11.5. The summed E-state index contributed by atoms with van der Waals surface area (Å²) in [6.45, 7) is 0. The van der Waals surface area contributed by atoms with Crippen molar-refractivity contribution in [2.75, 3.05) is 12.4 Å². The summed E-state index contributed by atoms with van der Waals surface area (Å²) in [5, 5.41) is 13.1. The topological polar surface area (TPSA) is 73.2 Å². The number of alkyl halides is 2. The molecule has 2 amide bonds. The maximum atomic E-state index is 12.9. The third kappa shape index (κ3) is 4.04. The summed E-state index contributed by atoms with van der Waals surface area (Å²) < 4.78 is -1.31. The summed E-state index contributed by atoms with van der Waals surface area (Å²) >= 11 is 31.1. The Kier molecular flexibility index (Phi) is 6.07. The molecule has 2 aliphatic rings. The Labute approximate surface area is 210 Å². The number of nitrogens with zero attached hydrogens (tertiary/aromatic N) is 2. The molecule has 0 radical (unpaired) electrons. The van der Waals surface area contributed by atoms with Crippen LogP contribution in [0.25, 0.3) is 0 Å². The molecule has 32 heavy (non-hydrogen) atoms. The Morgan fingerprint density at radius 3 is 2.31 bits per heavy atom. The Hall–Kier alpha value is -1.68. The molecular formula is C22H16Cl5N3O2. The third-order valence-electron chi connectivity index (χ3n) is 5.98. The Morgan fingerprint density at radius 2 is 1.72 bits per heavy atom. The van der Waals surface area contributed by atoms with Crippen molar-refractivity contribution in [3.05, 3.63) is 62.6 Å². The van der Waals surface area contributed by atoms with E-state index in [9.17, 15) is 14.9 Å². The highest BCUT2D eigenvalue weighted by Crippen LogP contribution is 2.65. The van der Waals surface area contributed by atoms with E-state index >= 15 is 0 Å². The lowest BCUT2D eigenvalue weighted by atomic mass is 10.1. The number of halogens is 5. The van der Waals surface area contributed by atoms with Crippen LogP contribution < -0.4 is 5.32 Å². The highest BCUT2D eigenvalue weighted by Gasteiger charge is 2.67. The lowest BCUT2D eigenvalue weighted by Gasteiger charge is -2.23. The zero-order valence-electron chi connectivity index (χ0n) is 16.6. The van der Waals surface area contributed by atoms with Gasteiger partial charge in [-0.25, -0.2) is 0 Å². The maximum Gasteiger partial charge on any atom is 0.256 e. The number of rotatable bonds is 5. The van der Waals surface area contributed by atoms with Crippen LogP contribution in [0.15, 0.2) is 36.4 Å². The maximum absolute atomic E-state index is 12.9. The molecule has 2 fully saturated rings. The summed E-state index contributed by atoms with van der Waals surface area (Å²) in [4.78, 5) is 27.2. The van der Waals surface area contributed by atoms with Gasteiger partial charge in [0.05, 0.1) is 32.6 Å². The van der Waals surface area contributed by atoms with Gasteiger partial charge in [-0.3, -0.25) is 9.59 Å². The minimum Gasteiger partial charge on any atom is -0.326 e. The van der Waals surface area contributed by atoms with Gasteiger partial charge < -0.3 is 10.2 Å². The predicted molar refractivity (Wildman–Crippen MR) is 127 cm³/mol. The number of benzene rings is 2. The van der Waals surface area contributed by atoms with Crippen molar-refractivity contribution in [3.63, 3.8) is 0 Å². The van der Waals surface area contributed by atoms with Crippen LogP contribution >= 0.6 is 58.0 Å². The summed E-state index contributed by atoms with van der Waals surface area (Å²) in [5.41, 5.74) is 0.456. The molecule has 2 atom stereocenters. The highest BCUT2D eigenvalue weighted by atomic mass is 35.5. The van der Waals surface area contributed by atoms with Gasteiger partial charge in [0.15, 0.2) is 0 Å². The molecule has 0 aromatic heterocycles. The van der Waals surface area contributed by atoms with Crippen molar-refractivity contribution in [1.82, 2.24) is 4.90 Å². The van der Waals surface area contributed by atoms with Gasteiger partial charge in [-0.2, -0.15) is 5.26 Å². The molecule has 2 unspecified atom stereocenters. The number of carbonyl (C=O) groups is 2. The van der Waals surface area contributed by atoms with Gasteiger partial charge in [-0.15, -0.1) is 23.2 Å². The van der Waals surface area contributed by atoms with Gasteiger partial charge in [-0.1, -0.05) is 40.9 Å². The number of hydrogen-bond acceptors (Lipinski definition) is 3. The number of carbonyl (C=O) groups excluding carboxylic acids is 2. The molecule has 10 heteroatoms. The van der Waals surface area contributed by atoms with Crippen LogP contribution in [0.2, 0.25) is 15.1 Å². The molecule has 4 rings (SSSR count). The molecule has 0 saturated heterocycles. The van der Waals surface area contributed by atoms with Crippen molar-refractivity contribution in [2.45, 2.75) is 28.6 Å². The third-order valence-corrected chi connectivity index (χ3v) is 7.99. The zero-order valence-corrected chi connectivity index (χ0v) is 20.4. The molecule has 2 aromatic rings. The number of nitriles is 1. The molecule has 5 nitrogen and oxygen atoms in total. The minimum atomic E-state index is -1.31. The van der Waals surface area contributed by atoms with E-state index in [1.54, 1.807) is 31.3 Å². The fourth-order valence-electron chi connectivity index (χ4n) is 3.78. The number of hydrogen-bond donors (Lipinski definition) is 1. The van der Waals surface area contributed by atoms with Crippen LogP contribution in [0.5, 0.6) is 0 Å². The zero-order chi connectivity index (χ0) is 23.4. The lowest BCUT2D eigenvalue weighted by Crippen LogP contribution is -2.38. The van der Waals surface area contributed by atoms with E-state index in [1.807, 2.05) is 0 Å². The normalized spacial score (nSPS) is 21.9. The molecule has 1 N–H and O–H groups in total. The van der Waals surface area contributed by atoms with Crippen LogP contribution in [-0.4, -0.2) is 33.6 Å². The summed E-state index contributed by atoms with van der Waals surface area (Å²) in [7, 11) is 1.57. The minimum absolute atomic E-state index is 0.188. The van der Waals surface area contributed by atoms with Crippen molar-refractivity contribution in [1.29, 1.82) is 5.26 Å². The van der Waals surface area contributed by atoms with E-state index in [4.69, 9.17) is 58.0 Å².